The van der Waals surface area contributed by atoms with Crippen LogP contribution in [0.25, 0.3) is 0 Å². The van der Waals surface area contributed by atoms with Crippen LogP contribution >= 0.6 is 11.3 Å². The highest BCUT2D eigenvalue weighted by atomic mass is 32.1. The summed E-state index contributed by atoms with van der Waals surface area (Å²) in [6.07, 6.45) is 5.94. The fourth-order valence-electron chi connectivity index (χ4n) is 2.53. The van der Waals surface area contributed by atoms with Crippen molar-refractivity contribution in [1.82, 2.24) is 15.2 Å². The molecule has 1 aromatic heterocycles. The Kier molecular flexibility index (Phi) is 6.20. The van der Waals surface area contributed by atoms with Gasteiger partial charge in [0, 0.05) is 36.6 Å². The molecule has 1 aliphatic heterocycles. The highest BCUT2D eigenvalue weighted by Crippen LogP contribution is 2.12. The zero-order valence-electron chi connectivity index (χ0n) is 13.0. The Morgan fingerprint density at radius 2 is 2.20 bits per heavy atom. The molecule has 2 heterocycles. The normalized spacial score (nSPS) is 17.4. The standard InChI is InChI=1S/C16H27N3S/c1-13(2)5-9-19-10-6-15(7-11-19)17-8-4-16-18-14(3)12-20-16/h5,12,15,17H,4,6-11H2,1-3H3. The molecule has 0 amide bonds. The van der Waals surface area contributed by atoms with E-state index in [-0.39, 0.29) is 0 Å². The average molecular weight is 293 g/mol. The molecule has 0 spiro atoms. The summed E-state index contributed by atoms with van der Waals surface area (Å²) in [5.74, 6) is 0. The number of piperidine rings is 1. The Balaban J connectivity index is 1.61. The third-order valence-corrected chi connectivity index (χ3v) is 4.81. The summed E-state index contributed by atoms with van der Waals surface area (Å²) >= 11 is 1.78. The van der Waals surface area contributed by atoms with E-state index in [9.17, 15) is 0 Å². The average Bonchev–Trinajstić information content (AvgIpc) is 2.83. The van der Waals surface area contributed by atoms with Gasteiger partial charge in [0.05, 0.1) is 5.01 Å². The van der Waals surface area contributed by atoms with Crippen molar-refractivity contribution in [2.75, 3.05) is 26.2 Å². The van der Waals surface area contributed by atoms with Crippen molar-refractivity contribution in [2.24, 2.45) is 0 Å². The van der Waals surface area contributed by atoms with Gasteiger partial charge < -0.3 is 5.32 Å². The lowest BCUT2D eigenvalue weighted by Crippen LogP contribution is -2.43. The molecular weight excluding hydrogens is 266 g/mol. The van der Waals surface area contributed by atoms with Gasteiger partial charge in [-0.25, -0.2) is 4.98 Å². The second kappa shape index (κ2) is 7.91. The molecule has 2 rings (SSSR count). The predicted molar refractivity (Wildman–Crippen MR) is 87.5 cm³/mol. The van der Waals surface area contributed by atoms with E-state index in [2.05, 4.69) is 47.4 Å². The molecule has 112 valence electrons. The van der Waals surface area contributed by atoms with Gasteiger partial charge in [-0.3, -0.25) is 4.90 Å². The summed E-state index contributed by atoms with van der Waals surface area (Å²) < 4.78 is 0. The largest absolute Gasteiger partial charge is 0.313 e. The maximum atomic E-state index is 4.51. The molecule has 1 saturated heterocycles. The minimum Gasteiger partial charge on any atom is -0.313 e. The second-order valence-electron chi connectivity index (χ2n) is 5.94. The van der Waals surface area contributed by atoms with E-state index >= 15 is 0 Å². The lowest BCUT2D eigenvalue weighted by molar-refractivity contribution is 0.215. The van der Waals surface area contributed by atoms with E-state index in [1.807, 2.05) is 0 Å². The number of rotatable bonds is 6. The minimum absolute atomic E-state index is 0.694. The van der Waals surface area contributed by atoms with Crippen LogP contribution in [-0.2, 0) is 6.42 Å². The third kappa shape index (κ3) is 5.35. The van der Waals surface area contributed by atoms with Gasteiger partial charge in [-0.05, 0) is 46.7 Å². The van der Waals surface area contributed by atoms with Gasteiger partial charge >= 0.3 is 0 Å². The molecule has 0 saturated carbocycles. The van der Waals surface area contributed by atoms with Crippen LogP contribution in [0.15, 0.2) is 17.0 Å². The second-order valence-corrected chi connectivity index (χ2v) is 6.89. The summed E-state index contributed by atoms with van der Waals surface area (Å²) in [7, 11) is 0. The zero-order chi connectivity index (χ0) is 14.4. The van der Waals surface area contributed by atoms with Gasteiger partial charge in [0.2, 0.25) is 0 Å². The van der Waals surface area contributed by atoms with Gasteiger partial charge in [0.25, 0.3) is 0 Å². The van der Waals surface area contributed by atoms with Crippen molar-refractivity contribution in [3.05, 3.63) is 27.7 Å². The van der Waals surface area contributed by atoms with Crippen LogP contribution in [0.3, 0.4) is 0 Å². The van der Waals surface area contributed by atoms with Crippen molar-refractivity contribution < 1.29 is 0 Å². The summed E-state index contributed by atoms with van der Waals surface area (Å²) in [6, 6.07) is 0.694. The molecule has 1 N–H and O–H groups in total. The molecule has 0 bridgehead atoms. The van der Waals surface area contributed by atoms with E-state index in [1.165, 1.54) is 36.5 Å². The predicted octanol–water partition coefficient (Wildman–Crippen LogP) is 3.01. The lowest BCUT2D eigenvalue weighted by atomic mass is 10.0. The van der Waals surface area contributed by atoms with Crippen LogP contribution in [0, 0.1) is 6.92 Å². The topological polar surface area (TPSA) is 28.2 Å². The number of nitrogens with one attached hydrogen (secondary N) is 1. The number of thiazole rings is 1. The van der Waals surface area contributed by atoms with Crippen LogP contribution in [0.1, 0.15) is 37.4 Å². The van der Waals surface area contributed by atoms with E-state index in [0.717, 1.165) is 25.2 Å². The van der Waals surface area contributed by atoms with Crippen molar-refractivity contribution >= 4 is 11.3 Å². The van der Waals surface area contributed by atoms with Gasteiger partial charge in [-0.15, -0.1) is 11.3 Å². The molecule has 1 aromatic rings. The van der Waals surface area contributed by atoms with Gasteiger partial charge in [0.15, 0.2) is 0 Å². The fourth-order valence-corrected chi connectivity index (χ4v) is 3.31. The number of aryl methyl sites for hydroxylation is 1. The number of likely N-dealkylation sites (tertiary alicyclic amines) is 1. The molecule has 0 radical (unpaired) electrons. The highest BCUT2D eigenvalue weighted by molar-refractivity contribution is 7.09. The number of allylic oxidation sites excluding steroid dienone is 1. The molecule has 20 heavy (non-hydrogen) atoms. The molecule has 3 nitrogen and oxygen atoms in total. The third-order valence-electron chi connectivity index (χ3n) is 3.78. The van der Waals surface area contributed by atoms with Crippen LogP contribution in [0.5, 0.6) is 0 Å². The maximum absolute atomic E-state index is 4.51. The maximum Gasteiger partial charge on any atom is 0.0940 e. The van der Waals surface area contributed by atoms with E-state index < -0.39 is 0 Å². The van der Waals surface area contributed by atoms with Crippen molar-refractivity contribution in [2.45, 2.75) is 46.1 Å². The first-order valence-electron chi connectivity index (χ1n) is 7.63. The summed E-state index contributed by atoms with van der Waals surface area (Å²) in [6.45, 7) is 11.0. The molecule has 0 aromatic carbocycles. The number of aromatic nitrogens is 1. The van der Waals surface area contributed by atoms with Crippen LogP contribution < -0.4 is 5.32 Å². The monoisotopic (exact) mass is 293 g/mol. The molecule has 1 aliphatic rings. The van der Waals surface area contributed by atoms with Gasteiger partial charge in [0.1, 0.15) is 0 Å². The van der Waals surface area contributed by atoms with Crippen molar-refractivity contribution in [3.63, 3.8) is 0 Å². The van der Waals surface area contributed by atoms with E-state index in [0.29, 0.717) is 6.04 Å². The smallest absolute Gasteiger partial charge is 0.0940 e. The molecule has 0 aliphatic carbocycles. The minimum atomic E-state index is 0.694. The fraction of sp³-hybridized carbons (Fsp3) is 0.688. The summed E-state index contributed by atoms with van der Waals surface area (Å²) in [5.41, 5.74) is 2.57. The van der Waals surface area contributed by atoms with Crippen LogP contribution in [-0.4, -0.2) is 42.1 Å². The molecule has 0 atom stereocenters. The first-order valence-corrected chi connectivity index (χ1v) is 8.51. The lowest BCUT2D eigenvalue weighted by Gasteiger charge is -2.31. The van der Waals surface area contributed by atoms with E-state index in [1.54, 1.807) is 11.3 Å². The zero-order valence-corrected chi connectivity index (χ0v) is 13.8. The van der Waals surface area contributed by atoms with Crippen LogP contribution in [0.2, 0.25) is 0 Å². The number of hydrogen-bond acceptors (Lipinski definition) is 4. The van der Waals surface area contributed by atoms with Gasteiger partial charge in [-0.2, -0.15) is 0 Å². The Morgan fingerprint density at radius 1 is 1.45 bits per heavy atom. The van der Waals surface area contributed by atoms with E-state index in [4.69, 9.17) is 0 Å². The first-order chi connectivity index (χ1) is 9.63. The van der Waals surface area contributed by atoms with Crippen molar-refractivity contribution in [3.8, 4) is 0 Å². The van der Waals surface area contributed by atoms with Crippen LogP contribution in [0.4, 0.5) is 0 Å². The number of hydrogen-bond donors (Lipinski definition) is 1. The Morgan fingerprint density at radius 3 is 2.80 bits per heavy atom. The molecule has 0 unspecified atom stereocenters. The number of nitrogens with zero attached hydrogens (tertiary/aromatic N) is 2. The quantitative estimate of drug-likeness (QED) is 0.817. The Bertz CT molecular complexity index is 427. The SMILES string of the molecule is CC(C)=CCN1CCC(NCCc2nc(C)cs2)CC1. The molecule has 1 fully saturated rings. The Hall–Kier alpha value is -0.710. The summed E-state index contributed by atoms with van der Waals surface area (Å²) in [5, 5.41) is 7.09. The molecular formula is C16H27N3S. The first kappa shape index (κ1) is 15.7. The summed E-state index contributed by atoms with van der Waals surface area (Å²) in [4.78, 5) is 7.06. The molecule has 4 heteroatoms. The van der Waals surface area contributed by atoms with Crippen molar-refractivity contribution in [1.29, 1.82) is 0 Å². The highest BCUT2D eigenvalue weighted by Gasteiger charge is 2.17. The van der Waals surface area contributed by atoms with Gasteiger partial charge in [-0.1, -0.05) is 11.6 Å². The Labute approximate surface area is 127 Å².